The van der Waals surface area contributed by atoms with Crippen molar-refractivity contribution in [2.24, 2.45) is 5.92 Å². The zero-order valence-corrected chi connectivity index (χ0v) is 17.6. The van der Waals surface area contributed by atoms with Gasteiger partial charge in [0.15, 0.2) is 12.5 Å². The molecule has 4 rings (SSSR count). The Morgan fingerprint density at radius 3 is 2.87 bits per heavy atom. The van der Waals surface area contributed by atoms with E-state index in [1.54, 1.807) is 24.4 Å². The second-order valence-electron chi connectivity index (χ2n) is 7.48. The molecule has 1 fully saturated rings. The molecule has 0 aromatic carbocycles. The first kappa shape index (κ1) is 21.5. The summed E-state index contributed by atoms with van der Waals surface area (Å²) < 4.78 is 27.7. The van der Waals surface area contributed by atoms with E-state index in [0.29, 0.717) is 41.8 Å². The van der Waals surface area contributed by atoms with Gasteiger partial charge in [-0.25, -0.2) is 9.55 Å². The Hall–Kier alpha value is -2.78. The van der Waals surface area contributed by atoms with Crippen LogP contribution in [0.25, 0.3) is 11.3 Å². The second-order valence-corrected chi connectivity index (χ2v) is 8.67. The highest BCUT2D eigenvalue weighted by molar-refractivity contribution is 7.44. The molecule has 3 aromatic heterocycles. The maximum absolute atomic E-state index is 10.8. The molecule has 0 spiro atoms. The highest BCUT2D eigenvalue weighted by Gasteiger charge is 2.19. The molecule has 11 heteroatoms. The van der Waals surface area contributed by atoms with Crippen LogP contribution in [-0.4, -0.2) is 21.6 Å². The summed E-state index contributed by atoms with van der Waals surface area (Å²) >= 11 is 0. The third-order valence-electron chi connectivity index (χ3n) is 5.17. The fraction of sp³-hybridized carbons (Fsp3) is 0.350. The van der Waals surface area contributed by atoms with Crippen molar-refractivity contribution < 1.29 is 32.7 Å². The molecular formula is C20H23N4O6P. The van der Waals surface area contributed by atoms with Crippen LogP contribution < -0.4 is 19.9 Å². The molecule has 1 saturated carbocycles. The summed E-state index contributed by atoms with van der Waals surface area (Å²) in [7, 11) is -4.86. The maximum Gasteiger partial charge on any atom is 0.285 e. The lowest BCUT2D eigenvalue weighted by Crippen LogP contribution is -2.38. The molecule has 0 saturated heterocycles. The van der Waals surface area contributed by atoms with Crippen LogP contribution in [0.3, 0.4) is 0 Å². The molecule has 10 nitrogen and oxygen atoms in total. The number of ether oxygens (including phenoxy) is 1. The number of nitrogens with zero attached hydrogens (tertiary/aromatic N) is 3. The molecule has 31 heavy (non-hydrogen) atoms. The molecule has 3 N–H and O–H groups in total. The summed E-state index contributed by atoms with van der Waals surface area (Å²) in [5.41, 5.74) is 8.24. The van der Waals surface area contributed by atoms with E-state index in [-0.39, 0.29) is 5.82 Å². The molecular weight excluding hydrogens is 423 g/mol. The number of nitrogen functional groups attached to an aromatic ring is 1. The highest BCUT2D eigenvalue weighted by atomic mass is 31.2. The molecule has 0 radical (unpaired) electrons. The quantitative estimate of drug-likeness (QED) is 0.371. The predicted molar refractivity (Wildman–Crippen MR) is 107 cm³/mol. The number of aromatic nitrogens is 3. The molecule has 3 aromatic rings. The summed E-state index contributed by atoms with van der Waals surface area (Å²) in [5, 5.41) is 4.08. The van der Waals surface area contributed by atoms with Crippen molar-refractivity contribution in [2.75, 3.05) is 12.3 Å². The van der Waals surface area contributed by atoms with Crippen LogP contribution >= 0.6 is 7.82 Å². The third kappa shape index (κ3) is 5.68. The van der Waals surface area contributed by atoms with Crippen LogP contribution in [0.4, 0.5) is 5.82 Å². The molecule has 1 aliphatic rings. The molecule has 0 amide bonds. The Morgan fingerprint density at radius 2 is 2.19 bits per heavy atom. The first-order chi connectivity index (χ1) is 14.9. The molecule has 1 atom stereocenters. The van der Waals surface area contributed by atoms with Gasteiger partial charge in [0, 0.05) is 24.8 Å². The summed E-state index contributed by atoms with van der Waals surface area (Å²) in [6.07, 6.45) is 7.53. The SMILES string of the molecule is Nc1c(-c2cc(Cc3ccc(OCC4CCC4)nc3)no2)ccc[n+]1COP(=O)([O-])O. The largest absolute Gasteiger partial charge is 0.756 e. The summed E-state index contributed by atoms with van der Waals surface area (Å²) in [5.74, 6) is 1.89. The standard InChI is InChI=1S/C20H23N4O6P/c21-20-17(5-2-8-24(20)13-29-31(25,26)27)18-10-16(23-30-18)9-15-6-7-19(22-11-15)28-12-14-3-1-4-14/h2,5-8,10-11,14,21H,1,3-4,9,12-13H2,(H2,25,26,27). The number of phosphoric ester groups is 1. The topological polar surface area (TPSA) is 148 Å². The van der Waals surface area contributed by atoms with Crippen LogP contribution in [0, 0.1) is 5.92 Å². The van der Waals surface area contributed by atoms with Gasteiger partial charge in [-0.3, -0.25) is 14.8 Å². The van der Waals surface area contributed by atoms with Crippen molar-refractivity contribution >= 4 is 13.6 Å². The van der Waals surface area contributed by atoms with Crippen molar-refractivity contribution in [1.82, 2.24) is 10.1 Å². The van der Waals surface area contributed by atoms with Gasteiger partial charge in [0.2, 0.25) is 5.88 Å². The number of hydrogen-bond donors (Lipinski definition) is 2. The van der Waals surface area contributed by atoms with Crippen molar-refractivity contribution in [3.05, 3.63) is 54.0 Å². The van der Waals surface area contributed by atoms with E-state index in [2.05, 4.69) is 14.7 Å². The van der Waals surface area contributed by atoms with E-state index in [9.17, 15) is 9.46 Å². The normalized spacial score (nSPS) is 15.9. The fourth-order valence-corrected chi connectivity index (χ4v) is 3.48. The lowest BCUT2D eigenvalue weighted by molar-refractivity contribution is -0.712. The van der Waals surface area contributed by atoms with E-state index in [0.717, 1.165) is 5.56 Å². The first-order valence-corrected chi connectivity index (χ1v) is 11.4. The van der Waals surface area contributed by atoms with Crippen LogP contribution in [-0.2, 0) is 22.2 Å². The van der Waals surface area contributed by atoms with Gasteiger partial charge in [-0.05, 0) is 36.5 Å². The maximum atomic E-state index is 10.8. The highest BCUT2D eigenvalue weighted by Crippen LogP contribution is 2.31. The zero-order valence-electron chi connectivity index (χ0n) is 16.7. The number of phosphoric acid groups is 1. The zero-order chi connectivity index (χ0) is 21.8. The van der Waals surface area contributed by atoms with Crippen LogP contribution in [0.1, 0.15) is 30.5 Å². The fourth-order valence-electron chi connectivity index (χ4n) is 3.21. The van der Waals surface area contributed by atoms with E-state index < -0.39 is 14.6 Å². The van der Waals surface area contributed by atoms with Gasteiger partial charge < -0.3 is 19.0 Å². The molecule has 0 aliphatic heterocycles. The van der Waals surface area contributed by atoms with Gasteiger partial charge in [0.1, 0.15) is 5.56 Å². The molecule has 1 unspecified atom stereocenters. The summed E-state index contributed by atoms with van der Waals surface area (Å²) in [6.45, 7) is 0.256. The monoisotopic (exact) mass is 446 g/mol. The van der Waals surface area contributed by atoms with Crippen molar-refractivity contribution in [1.29, 1.82) is 0 Å². The van der Waals surface area contributed by atoms with E-state index in [1.165, 1.54) is 30.0 Å². The van der Waals surface area contributed by atoms with Crippen LogP contribution in [0.15, 0.2) is 47.2 Å². The Kier molecular flexibility index (Phi) is 6.33. The van der Waals surface area contributed by atoms with Crippen molar-refractivity contribution in [3.8, 4) is 17.2 Å². The van der Waals surface area contributed by atoms with Gasteiger partial charge in [-0.1, -0.05) is 17.6 Å². The lowest BCUT2D eigenvalue weighted by Gasteiger charge is -2.24. The minimum atomic E-state index is -4.86. The van der Waals surface area contributed by atoms with Gasteiger partial charge in [-0.15, -0.1) is 0 Å². The summed E-state index contributed by atoms with van der Waals surface area (Å²) in [6, 6.07) is 8.90. The van der Waals surface area contributed by atoms with Gasteiger partial charge >= 0.3 is 0 Å². The minimum Gasteiger partial charge on any atom is -0.756 e. The molecule has 0 bridgehead atoms. The van der Waals surface area contributed by atoms with Gasteiger partial charge in [-0.2, -0.15) is 0 Å². The predicted octanol–water partition coefficient (Wildman–Crippen LogP) is 1.81. The second kappa shape index (κ2) is 9.15. The summed E-state index contributed by atoms with van der Waals surface area (Å²) in [4.78, 5) is 23.9. The average molecular weight is 446 g/mol. The van der Waals surface area contributed by atoms with Gasteiger partial charge in [0.05, 0.1) is 18.5 Å². The minimum absolute atomic E-state index is 0.202. The number of hydrogen-bond acceptors (Lipinski definition) is 8. The Balaban J connectivity index is 1.40. The van der Waals surface area contributed by atoms with Crippen LogP contribution in [0.5, 0.6) is 5.88 Å². The molecule has 164 valence electrons. The molecule has 1 aliphatic carbocycles. The van der Waals surface area contributed by atoms with Crippen molar-refractivity contribution in [3.63, 3.8) is 0 Å². The smallest absolute Gasteiger partial charge is 0.285 e. The van der Waals surface area contributed by atoms with E-state index in [1.807, 2.05) is 12.1 Å². The Morgan fingerprint density at radius 1 is 1.35 bits per heavy atom. The van der Waals surface area contributed by atoms with E-state index in [4.69, 9.17) is 19.9 Å². The van der Waals surface area contributed by atoms with Crippen molar-refractivity contribution in [2.45, 2.75) is 32.4 Å². The third-order valence-corrected chi connectivity index (χ3v) is 5.61. The lowest BCUT2D eigenvalue weighted by atomic mass is 9.86. The molecule has 3 heterocycles. The Labute approximate surface area is 178 Å². The van der Waals surface area contributed by atoms with Crippen LogP contribution in [0.2, 0.25) is 0 Å². The average Bonchev–Trinajstić information content (AvgIpc) is 3.15. The first-order valence-electron chi connectivity index (χ1n) is 9.87. The number of nitrogens with two attached hydrogens (primary N) is 1. The van der Waals surface area contributed by atoms with E-state index >= 15 is 0 Å². The number of pyridine rings is 2. The van der Waals surface area contributed by atoms with Gasteiger partial charge in [0.25, 0.3) is 13.6 Å². The number of anilines is 1. The number of rotatable bonds is 9. The Bertz CT molecular complexity index is 1080.